The van der Waals surface area contributed by atoms with Gasteiger partial charge in [0.1, 0.15) is 0 Å². The minimum absolute atomic E-state index is 0.0902. The maximum absolute atomic E-state index is 12.5. The summed E-state index contributed by atoms with van der Waals surface area (Å²) in [4.78, 5) is 14.3. The van der Waals surface area contributed by atoms with Crippen LogP contribution in [0.1, 0.15) is 18.1 Å². The van der Waals surface area contributed by atoms with Crippen LogP contribution in [0.2, 0.25) is 0 Å². The van der Waals surface area contributed by atoms with Crippen molar-refractivity contribution in [3.8, 4) is 0 Å². The lowest BCUT2D eigenvalue weighted by Crippen LogP contribution is -2.32. The smallest absolute Gasteiger partial charge is 0.231 e. The zero-order chi connectivity index (χ0) is 14.5. The van der Waals surface area contributed by atoms with Crippen LogP contribution in [-0.2, 0) is 11.2 Å². The van der Waals surface area contributed by atoms with Gasteiger partial charge >= 0.3 is 0 Å². The van der Waals surface area contributed by atoms with E-state index >= 15 is 0 Å². The van der Waals surface area contributed by atoms with Gasteiger partial charge in [-0.2, -0.15) is 0 Å². The molecule has 0 aliphatic carbocycles. The number of aryl methyl sites for hydroxylation is 1. The van der Waals surface area contributed by atoms with Crippen molar-refractivity contribution in [3.63, 3.8) is 0 Å². The Balaban J connectivity index is 2.20. The third kappa shape index (κ3) is 3.18. The van der Waals surface area contributed by atoms with Crippen molar-refractivity contribution >= 4 is 17.3 Å². The van der Waals surface area contributed by atoms with Crippen molar-refractivity contribution in [2.45, 2.75) is 20.3 Å². The Hall–Kier alpha value is -2.29. The average Bonchev–Trinajstić information content (AvgIpc) is 2.41. The zero-order valence-electron chi connectivity index (χ0n) is 12.0. The Morgan fingerprint density at radius 1 is 1.15 bits per heavy atom. The van der Waals surface area contributed by atoms with Crippen LogP contribution in [0.4, 0.5) is 11.4 Å². The van der Waals surface area contributed by atoms with Gasteiger partial charge in [0.25, 0.3) is 0 Å². The fourth-order valence-corrected chi connectivity index (χ4v) is 2.32. The standard InChI is InChI=1S/C17H20N2O/c1-3-19(16-10-5-4-7-13(16)2)17(20)12-14-8-6-9-15(18)11-14/h4-11H,3,12,18H2,1-2H3. The van der Waals surface area contributed by atoms with Crippen LogP contribution in [0.5, 0.6) is 0 Å². The number of carbonyl (C=O) groups excluding carboxylic acids is 1. The van der Waals surface area contributed by atoms with Gasteiger partial charge in [-0.1, -0.05) is 30.3 Å². The van der Waals surface area contributed by atoms with Gasteiger partial charge in [0, 0.05) is 17.9 Å². The molecule has 3 heteroatoms. The zero-order valence-corrected chi connectivity index (χ0v) is 12.0. The Bertz CT molecular complexity index is 607. The van der Waals surface area contributed by atoms with Crippen LogP contribution in [0.3, 0.4) is 0 Å². The lowest BCUT2D eigenvalue weighted by Gasteiger charge is -2.23. The molecule has 0 heterocycles. The molecular weight excluding hydrogens is 248 g/mol. The number of hydrogen-bond acceptors (Lipinski definition) is 2. The fraction of sp³-hybridized carbons (Fsp3) is 0.235. The van der Waals surface area contributed by atoms with E-state index in [4.69, 9.17) is 5.73 Å². The van der Waals surface area contributed by atoms with Crippen molar-refractivity contribution in [3.05, 3.63) is 59.7 Å². The molecule has 2 rings (SSSR count). The molecule has 2 aromatic carbocycles. The monoisotopic (exact) mass is 268 g/mol. The molecule has 0 bridgehead atoms. The Kier molecular flexibility index (Phi) is 4.41. The summed E-state index contributed by atoms with van der Waals surface area (Å²) in [5, 5.41) is 0. The number of para-hydroxylation sites is 1. The molecular formula is C17H20N2O. The van der Waals surface area contributed by atoms with E-state index in [0.29, 0.717) is 18.7 Å². The van der Waals surface area contributed by atoms with Gasteiger partial charge in [0.2, 0.25) is 5.91 Å². The second-order valence-electron chi connectivity index (χ2n) is 4.85. The summed E-state index contributed by atoms with van der Waals surface area (Å²) in [6.45, 7) is 4.67. The van der Waals surface area contributed by atoms with Crippen molar-refractivity contribution in [1.29, 1.82) is 0 Å². The van der Waals surface area contributed by atoms with Crippen molar-refractivity contribution in [2.24, 2.45) is 0 Å². The van der Waals surface area contributed by atoms with Crippen molar-refractivity contribution in [1.82, 2.24) is 0 Å². The molecule has 0 radical (unpaired) electrons. The lowest BCUT2D eigenvalue weighted by molar-refractivity contribution is -0.117. The molecule has 0 aliphatic heterocycles. The third-order valence-electron chi connectivity index (χ3n) is 3.33. The summed E-state index contributed by atoms with van der Waals surface area (Å²) in [5.74, 6) is 0.0902. The van der Waals surface area contributed by atoms with Crippen LogP contribution < -0.4 is 10.6 Å². The molecule has 0 aliphatic rings. The molecule has 3 nitrogen and oxygen atoms in total. The number of likely N-dealkylation sites (N-methyl/N-ethyl adjacent to an activating group) is 1. The largest absolute Gasteiger partial charge is 0.399 e. The molecule has 20 heavy (non-hydrogen) atoms. The van der Waals surface area contributed by atoms with E-state index in [9.17, 15) is 4.79 Å². The van der Waals surface area contributed by atoms with E-state index in [0.717, 1.165) is 16.8 Å². The van der Waals surface area contributed by atoms with Crippen LogP contribution in [0, 0.1) is 6.92 Å². The molecule has 0 aromatic heterocycles. The predicted molar refractivity (Wildman–Crippen MR) is 83.8 cm³/mol. The Labute approximate surface area is 120 Å². The quantitative estimate of drug-likeness (QED) is 0.866. The number of anilines is 2. The first kappa shape index (κ1) is 14.1. The van der Waals surface area contributed by atoms with Gasteiger partial charge in [-0.25, -0.2) is 0 Å². The highest BCUT2D eigenvalue weighted by atomic mass is 16.2. The summed E-state index contributed by atoms with van der Waals surface area (Å²) in [6.07, 6.45) is 0.368. The molecule has 0 atom stereocenters. The van der Waals surface area contributed by atoms with Gasteiger partial charge < -0.3 is 10.6 Å². The molecule has 104 valence electrons. The number of nitrogens with zero attached hydrogens (tertiary/aromatic N) is 1. The number of nitrogen functional groups attached to an aromatic ring is 1. The van der Waals surface area contributed by atoms with Gasteiger partial charge in [-0.15, -0.1) is 0 Å². The number of nitrogens with two attached hydrogens (primary N) is 1. The number of amides is 1. The highest BCUT2D eigenvalue weighted by molar-refractivity contribution is 5.95. The molecule has 0 saturated heterocycles. The van der Waals surface area contributed by atoms with Gasteiger partial charge in [0.05, 0.1) is 6.42 Å². The minimum Gasteiger partial charge on any atom is -0.399 e. The molecule has 0 spiro atoms. The normalized spacial score (nSPS) is 10.3. The Morgan fingerprint density at radius 2 is 1.90 bits per heavy atom. The first-order valence-electron chi connectivity index (χ1n) is 6.82. The highest BCUT2D eigenvalue weighted by Gasteiger charge is 2.15. The first-order chi connectivity index (χ1) is 9.61. The van der Waals surface area contributed by atoms with Gasteiger partial charge in [-0.05, 0) is 43.2 Å². The average molecular weight is 268 g/mol. The van der Waals surface area contributed by atoms with Gasteiger partial charge in [-0.3, -0.25) is 4.79 Å². The van der Waals surface area contributed by atoms with Crippen molar-refractivity contribution < 1.29 is 4.79 Å². The highest BCUT2D eigenvalue weighted by Crippen LogP contribution is 2.20. The number of hydrogen-bond donors (Lipinski definition) is 1. The summed E-state index contributed by atoms with van der Waals surface area (Å²) in [6, 6.07) is 15.4. The predicted octanol–water partition coefficient (Wildman–Crippen LogP) is 3.17. The Morgan fingerprint density at radius 3 is 2.55 bits per heavy atom. The van der Waals surface area contributed by atoms with E-state index in [1.165, 1.54) is 0 Å². The van der Waals surface area contributed by atoms with E-state index in [1.807, 2.05) is 67.3 Å². The van der Waals surface area contributed by atoms with Crippen LogP contribution >= 0.6 is 0 Å². The first-order valence-corrected chi connectivity index (χ1v) is 6.82. The third-order valence-corrected chi connectivity index (χ3v) is 3.33. The molecule has 0 unspecified atom stereocenters. The topological polar surface area (TPSA) is 46.3 Å². The second-order valence-corrected chi connectivity index (χ2v) is 4.85. The number of benzene rings is 2. The summed E-state index contributed by atoms with van der Waals surface area (Å²) >= 11 is 0. The SMILES string of the molecule is CCN(C(=O)Cc1cccc(N)c1)c1ccccc1C. The van der Waals surface area contributed by atoms with E-state index in [-0.39, 0.29) is 5.91 Å². The summed E-state index contributed by atoms with van der Waals surface area (Å²) < 4.78 is 0. The molecule has 0 saturated carbocycles. The van der Waals surface area contributed by atoms with E-state index in [1.54, 1.807) is 0 Å². The van der Waals surface area contributed by atoms with Gasteiger partial charge in [0.15, 0.2) is 0 Å². The maximum Gasteiger partial charge on any atom is 0.231 e. The second kappa shape index (κ2) is 6.24. The van der Waals surface area contributed by atoms with Crippen LogP contribution in [-0.4, -0.2) is 12.5 Å². The number of rotatable bonds is 4. The summed E-state index contributed by atoms with van der Waals surface area (Å²) in [7, 11) is 0. The maximum atomic E-state index is 12.5. The number of carbonyl (C=O) groups is 1. The van der Waals surface area contributed by atoms with Crippen molar-refractivity contribution in [2.75, 3.05) is 17.2 Å². The summed E-state index contributed by atoms with van der Waals surface area (Å²) in [5.41, 5.74) is 9.47. The minimum atomic E-state index is 0.0902. The molecule has 1 amide bonds. The van der Waals surface area contributed by atoms with Crippen LogP contribution in [0.25, 0.3) is 0 Å². The molecule has 2 N–H and O–H groups in total. The van der Waals surface area contributed by atoms with E-state index < -0.39 is 0 Å². The van der Waals surface area contributed by atoms with E-state index in [2.05, 4.69) is 0 Å². The van der Waals surface area contributed by atoms with Crippen LogP contribution in [0.15, 0.2) is 48.5 Å². The fourth-order valence-electron chi connectivity index (χ4n) is 2.32. The lowest BCUT2D eigenvalue weighted by atomic mass is 10.1. The molecule has 0 fully saturated rings. The molecule has 2 aromatic rings.